The average Bonchev–Trinajstić information content (AvgIpc) is 3.32. The zero-order chi connectivity index (χ0) is 22.9. The van der Waals surface area contributed by atoms with E-state index in [9.17, 15) is 22.4 Å². The minimum Gasteiger partial charge on any atom is -0.379 e. The normalized spacial score (nSPS) is 18.1. The topological polar surface area (TPSA) is 103 Å². The molecule has 2 aliphatic rings. The van der Waals surface area contributed by atoms with Crippen molar-refractivity contribution < 1.29 is 27.1 Å². The SMILES string of the molecule is O=C(c1cc(S(=O)(=O)N2CCOCC2)c[nH]1)N1CCN(C(=O)c2cc(Cl)ccc2F)CC1. The van der Waals surface area contributed by atoms with Crippen LogP contribution in [0.25, 0.3) is 0 Å². The lowest BCUT2D eigenvalue weighted by Crippen LogP contribution is -2.50. The second kappa shape index (κ2) is 9.18. The summed E-state index contributed by atoms with van der Waals surface area (Å²) < 4.78 is 46.0. The van der Waals surface area contributed by atoms with Crippen LogP contribution in [0.3, 0.4) is 0 Å². The maximum absolute atomic E-state index is 14.0. The van der Waals surface area contributed by atoms with Gasteiger partial charge in [0.05, 0.1) is 18.8 Å². The number of ether oxygens (including phenoxy) is 1. The number of H-pyrrole nitrogens is 1. The van der Waals surface area contributed by atoms with Crippen molar-refractivity contribution in [1.29, 1.82) is 0 Å². The van der Waals surface area contributed by atoms with Crippen LogP contribution < -0.4 is 0 Å². The second-order valence-electron chi connectivity index (χ2n) is 7.47. The first-order chi connectivity index (χ1) is 15.3. The third-order valence-corrected chi connectivity index (χ3v) is 7.62. The number of carbonyl (C=O) groups is 2. The quantitative estimate of drug-likeness (QED) is 0.707. The second-order valence-corrected chi connectivity index (χ2v) is 9.85. The molecule has 0 unspecified atom stereocenters. The smallest absolute Gasteiger partial charge is 0.270 e. The summed E-state index contributed by atoms with van der Waals surface area (Å²) in [7, 11) is -3.71. The summed E-state index contributed by atoms with van der Waals surface area (Å²) in [6, 6.07) is 5.12. The number of rotatable bonds is 4. The van der Waals surface area contributed by atoms with Gasteiger partial charge in [-0.15, -0.1) is 0 Å². The van der Waals surface area contributed by atoms with Crippen molar-refractivity contribution in [2.75, 3.05) is 52.5 Å². The molecule has 9 nitrogen and oxygen atoms in total. The Balaban J connectivity index is 1.40. The molecule has 0 spiro atoms. The van der Waals surface area contributed by atoms with E-state index in [1.54, 1.807) is 0 Å². The minimum absolute atomic E-state index is 0.0213. The van der Waals surface area contributed by atoms with Crippen LogP contribution in [0.1, 0.15) is 20.8 Å². The molecule has 2 amide bonds. The molecule has 0 aliphatic carbocycles. The van der Waals surface area contributed by atoms with E-state index in [-0.39, 0.29) is 66.4 Å². The van der Waals surface area contributed by atoms with E-state index in [4.69, 9.17) is 16.3 Å². The third kappa shape index (κ3) is 4.51. The van der Waals surface area contributed by atoms with Gasteiger partial charge in [0, 0.05) is 50.5 Å². The number of hydrogen-bond acceptors (Lipinski definition) is 5. The van der Waals surface area contributed by atoms with Crippen LogP contribution in [-0.2, 0) is 14.8 Å². The van der Waals surface area contributed by atoms with Gasteiger partial charge in [0.15, 0.2) is 0 Å². The van der Waals surface area contributed by atoms with Crippen molar-refractivity contribution in [2.24, 2.45) is 0 Å². The first-order valence-electron chi connectivity index (χ1n) is 10.1. The molecule has 2 saturated heterocycles. The maximum Gasteiger partial charge on any atom is 0.270 e. The van der Waals surface area contributed by atoms with Crippen molar-refractivity contribution in [3.8, 4) is 0 Å². The fraction of sp³-hybridized carbons (Fsp3) is 0.400. The molecule has 4 rings (SSSR count). The fourth-order valence-corrected chi connectivity index (χ4v) is 5.27. The van der Waals surface area contributed by atoms with Gasteiger partial charge in [0.2, 0.25) is 10.0 Å². The van der Waals surface area contributed by atoms with Crippen LogP contribution in [0.2, 0.25) is 5.02 Å². The van der Waals surface area contributed by atoms with Crippen molar-refractivity contribution in [2.45, 2.75) is 4.90 Å². The van der Waals surface area contributed by atoms with Crippen LogP contribution in [0.15, 0.2) is 35.4 Å². The van der Waals surface area contributed by atoms with Gasteiger partial charge >= 0.3 is 0 Å². The van der Waals surface area contributed by atoms with Gasteiger partial charge in [-0.3, -0.25) is 9.59 Å². The predicted octanol–water partition coefficient (Wildman–Crippen LogP) is 1.43. The summed E-state index contributed by atoms with van der Waals surface area (Å²) in [4.78, 5) is 31.2. The number of sulfonamides is 1. The maximum atomic E-state index is 14.0. The van der Waals surface area contributed by atoms with E-state index >= 15 is 0 Å². The van der Waals surface area contributed by atoms with Gasteiger partial charge in [-0.25, -0.2) is 12.8 Å². The van der Waals surface area contributed by atoms with Crippen molar-refractivity contribution in [3.05, 3.63) is 52.6 Å². The molecule has 2 aliphatic heterocycles. The summed E-state index contributed by atoms with van der Waals surface area (Å²) in [5, 5.41) is 0.262. The third-order valence-electron chi connectivity index (χ3n) is 5.51. The zero-order valence-corrected chi connectivity index (χ0v) is 18.7. The average molecular weight is 485 g/mol. The molecule has 2 fully saturated rings. The minimum atomic E-state index is -3.71. The number of aromatic amines is 1. The molecule has 0 radical (unpaired) electrons. The van der Waals surface area contributed by atoms with Crippen molar-refractivity contribution in [3.63, 3.8) is 0 Å². The molecule has 1 N–H and O–H groups in total. The first-order valence-corrected chi connectivity index (χ1v) is 11.9. The van der Waals surface area contributed by atoms with E-state index < -0.39 is 21.7 Å². The first kappa shape index (κ1) is 22.7. The predicted molar refractivity (Wildman–Crippen MR) is 114 cm³/mol. The summed E-state index contributed by atoms with van der Waals surface area (Å²) in [5.41, 5.74) is 0.0390. The Bertz CT molecular complexity index is 1120. The van der Waals surface area contributed by atoms with Gasteiger partial charge in [-0.2, -0.15) is 4.31 Å². The number of hydrogen-bond donors (Lipinski definition) is 1. The summed E-state index contributed by atoms with van der Waals surface area (Å²) in [5.74, 6) is -1.51. The van der Waals surface area contributed by atoms with Crippen LogP contribution in [0.5, 0.6) is 0 Å². The Morgan fingerprint density at radius 2 is 1.59 bits per heavy atom. The number of nitrogens with one attached hydrogen (secondary N) is 1. The highest BCUT2D eigenvalue weighted by atomic mass is 35.5. The lowest BCUT2D eigenvalue weighted by molar-refractivity contribution is 0.0530. The molecule has 172 valence electrons. The monoisotopic (exact) mass is 484 g/mol. The van der Waals surface area contributed by atoms with Crippen LogP contribution in [0, 0.1) is 5.82 Å². The van der Waals surface area contributed by atoms with E-state index in [0.717, 1.165) is 6.07 Å². The Hall–Kier alpha value is -2.47. The molecular weight excluding hydrogens is 463 g/mol. The number of nitrogens with zero attached hydrogens (tertiary/aromatic N) is 3. The molecule has 3 heterocycles. The number of piperazine rings is 1. The molecule has 1 aromatic carbocycles. The molecule has 0 atom stereocenters. The summed E-state index contributed by atoms with van der Waals surface area (Å²) in [6.45, 7) is 2.09. The molecule has 0 saturated carbocycles. The number of amides is 2. The Morgan fingerprint density at radius 1 is 0.969 bits per heavy atom. The highest BCUT2D eigenvalue weighted by Crippen LogP contribution is 2.21. The number of benzene rings is 1. The molecule has 32 heavy (non-hydrogen) atoms. The van der Waals surface area contributed by atoms with Crippen molar-refractivity contribution in [1.82, 2.24) is 19.1 Å². The van der Waals surface area contributed by atoms with E-state index in [1.165, 1.54) is 38.5 Å². The standard InChI is InChI=1S/C20H22ClFN4O5S/c21-14-1-2-17(22)16(11-14)19(27)24-3-5-25(6-4-24)20(28)18-12-15(13-23-18)32(29,30)26-7-9-31-10-8-26/h1-2,11-13,23H,3-10H2. The summed E-state index contributed by atoms with van der Waals surface area (Å²) in [6.07, 6.45) is 1.31. The Morgan fingerprint density at radius 3 is 2.25 bits per heavy atom. The van der Waals surface area contributed by atoms with Gasteiger partial charge in [0.25, 0.3) is 11.8 Å². The van der Waals surface area contributed by atoms with Gasteiger partial charge in [0.1, 0.15) is 16.4 Å². The number of carbonyl (C=O) groups excluding carboxylic acids is 2. The summed E-state index contributed by atoms with van der Waals surface area (Å²) >= 11 is 5.87. The largest absolute Gasteiger partial charge is 0.379 e. The van der Waals surface area contributed by atoms with Gasteiger partial charge < -0.3 is 19.5 Å². The molecule has 1 aromatic heterocycles. The van der Waals surface area contributed by atoms with E-state index in [0.29, 0.717) is 13.2 Å². The fourth-order valence-electron chi connectivity index (χ4n) is 3.70. The van der Waals surface area contributed by atoms with Crippen LogP contribution >= 0.6 is 11.6 Å². The molecular formula is C20H22ClFN4O5S. The Kier molecular flexibility index (Phi) is 6.52. The highest BCUT2D eigenvalue weighted by Gasteiger charge is 2.30. The van der Waals surface area contributed by atoms with Gasteiger partial charge in [-0.1, -0.05) is 11.6 Å². The number of aromatic nitrogens is 1. The van der Waals surface area contributed by atoms with E-state index in [2.05, 4.69) is 4.98 Å². The molecule has 12 heteroatoms. The lowest BCUT2D eigenvalue weighted by atomic mass is 10.1. The zero-order valence-electron chi connectivity index (χ0n) is 17.1. The highest BCUT2D eigenvalue weighted by molar-refractivity contribution is 7.89. The lowest BCUT2D eigenvalue weighted by Gasteiger charge is -2.34. The van der Waals surface area contributed by atoms with Crippen molar-refractivity contribution >= 4 is 33.4 Å². The van der Waals surface area contributed by atoms with E-state index in [1.807, 2.05) is 0 Å². The Labute approximate surface area is 189 Å². The van der Waals surface area contributed by atoms with Crippen LogP contribution in [-0.4, -0.2) is 91.8 Å². The number of halogens is 2. The van der Waals surface area contributed by atoms with Gasteiger partial charge in [-0.05, 0) is 24.3 Å². The molecule has 0 bridgehead atoms. The van der Waals surface area contributed by atoms with Crippen LogP contribution in [0.4, 0.5) is 4.39 Å². The number of morpholine rings is 1. The molecule has 2 aromatic rings.